The first-order chi connectivity index (χ1) is 8.69. The van der Waals surface area contributed by atoms with Gasteiger partial charge in [0.1, 0.15) is 0 Å². The van der Waals surface area contributed by atoms with Crippen LogP contribution in [-0.4, -0.2) is 0 Å². The normalized spacial score (nSPS) is 20.9. The van der Waals surface area contributed by atoms with Gasteiger partial charge in [-0.1, -0.05) is 66.3 Å². The van der Waals surface area contributed by atoms with E-state index in [4.69, 9.17) is 0 Å². The molecule has 0 N–H and O–H groups in total. The zero-order valence-electron chi connectivity index (χ0n) is 12.9. The van der Waals surface area contributed by atoms with Crippen LogP contribution in [0.1, 0.15) is 66.0 Å². The van der Waals surface area contributed by atoms with Crippen LogP contribution >= 0.6 is 0 Å². The summed E-state index contributed by atoms with van der Waals surface area (Å²) in [6.07, 6.45) is 5.37. The van der Waals surface area contributed by atoms with Crippen LogP contribution in [0.3, 0.4) is 0 Å². The van der Waals surface area contributed by atoms with Crippen LogP contribution < -0.4 is 0 Å². The van der Waals surface area contributed by atoms with Gasteiger partial charge in [-0.25, -0.2) is 0 Å². The second-order valence-corrected chi connectivity index (χ2v) is 5.72. The molecule has 0 heterocycles. The van der Waals surface area contributed by atoms with Crippen molar-refractivity contribution in [3.63, 3.8) is 0 Å². The van der Waals surface area contributed by atoms with Crippen molar-refractivity contribution in [2.75, 3.05) is 0 Å². The van der Waals surface area contributed by atoms with Crippen LogP contribution in [0.15, 0.2) is 24.3 Å². The molecule has 1 aliphatic carbocycles. The summed E-state index contributed by atoms with van der Waals surface area (Å²) < 4.78 is 0. The highest BCUT2D eigenvalue weighted by Gasteiger charge is 2.30. The minimum absolute atomic E-state index is 0. The van der Waals surface area contributed by atoms with Crippen LogP contribution in [0.5, 0.6) is 0 Å². The molecule has 1 aromatic carbocycles. The van der Waals surface area contributed by atoms with Crippen molar-refractivity contribution in [2.24, 2.45) is 17.8 Å². The van der Waals surface area contributed by atoms with Crippen molar-refractivity contribution >= 4 is 0 Å². The first-order valence-corrected chi connectivity index (χ1v) is 7.76. The highest BCUT2D eigenvalue weighted by molar-refractivity contribution is 5.24. The van der Waals surface area contributed by atoms with Gasteiger partial charge in [0.25, 0.3) is 0 Å². The second-order valence-electron chi connectivity index (χ2n) is 5.72. The zero-order valence-corrected chi connectivity index (χ0v) is 12.9. The number of aryl methyl sites for hydroxylation is 1. The molecule has 0 aliphatic heterocycles. The maximum absolute atomic E-state index is 2.39. The lowest BCUT2D eigenvalue weighted by Gasteiger charge is -2.38. The zero-order chi connectivity index (χ0) is 13.5. The molecule has 2 rings (SSSR count). The Morgan fingerprint density at radius 3 is 2.21 bits per heavy atom. The molecule has 0 unspecified atom stereocenters. The van der Waals surface area contributed by atoms with Crippen LogP contribution in [0.2, 0.25) is 0 Å². The van der Waals surface area contributed by atoms with E-state index in [1.807, 2.05) is 13.8 Å². The third-order valence-electron chi connectivity index (χ3n) is 4.14. The summed E-state index contributed by atoms with van der Waals surface area (Å²) >= 11 is 0. The molecular weight excluding hydrogens is 228 g/mol. The van der Waals surface area contributed by atoms with Gasteiger partial charge in [-0.3, -0.25) is 0 Å². The second kappa shape index (κ2) is 9.18. The standard InChI is InChI=1S/C16H24.C2H6.CH4/c1-4-13-6-5-7-14(8-13)9-15-10-16(11-15)12(2)3;1-2;/h5-8,12,15-16H,4,9-11H2,1-3H3;1-2H3;1H4. The third kappa shape index (κ3) is 5.38. The largest absolute Gasteiger partial charge is 0.0776 e. The van der Waals surface area contributed by atoms with E-state index < -0.39 is 0 Å². The van der Waals surface area contributed by atoms with Gasteiger partial charge in [0.15, 0.2) is 0 Å². The van der Waals surface area contributed by atoms with Crippen molar-refractivity contribution in [2.45, 2.75) is 67.7 Å². The van der Waals surface area contributed by atoms with Crippen molar-refractivity contribution in [1.82, 2.24) is 0 Å². The third-order valence-corrected chi connectivity index (χ3v) is 4.14. The molecule has 0 bridgehead atoms. The Morgan fingerprint density at radius 2 is 1.68 bits per heavy atom. The fraction of sp³-hybridized carbons (Fsp3) is 0.684. The van der Waals surface area contributed by atoms with Gasteiger partial charge < -0.3 is 0 Å². The molecule has 0 nitrogen and oxygen atoms in total. The quantitative estimate of drug-likeness (QED) is 0.611. The average Bonchev–Trinajstić information content (AvgIpc) is 2.35. The first kappa shape index (κ1) is 18.2. The summed E-state index contributed by atoms with van der Waals surface area (Å²) in [5.74, 6) is 2.84. The Bertz CT molecular complexity index is 332. The van der Waals surface area contributed by atoms with Crippen LogP contribution in [-0.2, 0) is 12.8 Å². The minimum Gasteiger partial charge on any atom is -0.0776 e. The number of hydrogen-bond donors (Lipinski definition) is 0. The Balaban J connectivity index is 0.00000103. The predicted molar refractivity (Wildman–Crippen MR) is 88.7 cm³/mol. The van der Waals surface area contributed by atoms with Gasteiger partial charge in [0.05, 0.1) is 0 Å². The van der Waals surface area contributed by atoms with Crippen LogP contribution in [0, 0.1) is 17.8 Å². The molecule has 0 saturated heterocycles. The van der Waals surface area contributed by atoms with E-state index in [2.05, 4.69) is 45.0 Å². The molecule has 1 fully saturated rings. The average molecular weight is 262 g/mol. The highest BCUT2D eigenvalue weighted by atomic mass is 14.4. The lowest BCUT2D eigenvalue weighted by molar-refractivity contribution is 0.141. The van der Waals surface area contributed by atoms with Gasteiger partial charge >= 0.3 is 0 Å². The summed E-state index contributed by atoms with van der Waals surface area (Å²) in [6.45, 7) is 11.0. The van der Waals surface area contributed by atoms with Crippen LogP contribution in [0.4, 0.5) is 0 Å². The number of benzene rings is 1. The van der Waals surface area contributed by atoms with E-state index in [0.29, 0.717) is 0 Å². The molecule has 110 valence electrons. The Labute approximate surface area is 121 Å². The van der Waals surface area contributed by atoms with E-state index >= 15 is 0 Å². The van der Waals surface area contributed by atoms with Crippen molar-refractivity contribution in [3.8, 4) is 0 Å². The molecule has 19 heavy (non-hydrogen) atoms. The molecule has 0 atom stereocenters. The van der Waals surface area contributed by atoms with Crippen molar-refractivity contribution in [3.05, 3.63) is 35.4 Å². The molecule has 1 aliphatic rings. The van der Waals surface area contributed by atoms with E-state index in [1.54, 1.807) is 5.56 Å². The smallest absolute Gasteiger partial charge is 0.0250 e. The van der Waals surface area contributed by atoms with E-state index in [1.165, 1.54) is 24.8 Å². The Hall–Kier alpha value is -0.780. The minimum atomic E-state index is 0. The fourth-order valence-corrected chi connectivity index (χ4v) is 2.81. The lowest BCUT2D eigenvalue weighted by atomic mass is 9.67. The van der Waals surface area contributed by atoms with Gasteiger partial charge in [-0.05, 0) is 54.6 Å². The number of rotatable bonds is 4. The highest BCUT2D eigenvalue weighted by Crippen LogP contribution is 2.40. The summed E-state index contributed by atoms with van der Waals surface area (Å²) in [7, 11) is 0. The maximum Gasteiger partial charge on any atom is -0.0250 e. The van der Waals surface area contributed by atoms with Gasteiger partial charge in [-0.2, -0.15) is 0 Å². The summed E-state index contributed by atoms with van der Waals surface area (Å²) in [5, 5.41) is 0. The lowest BCUT2D eigenvalue weighted by Crippen LogP contribution is -2.29. The van der Waals surface area contributed by atoms with E-state index in [0.717, 1.165) is 24.2 Å². The van der Waals surface area contributed by atoms with E-state index in [9.17, 15) is 0 Å². The summed E-state index contributed by atoms with van der Waals surface area (Å²) in [6, 6.07) is 9.14. The molecular formula is C19H34. The monoisotopic (exact) mass is 262 g/mol. The molecule has 1 aromatic rings. The summed E-state index contributed by atoms with van der Waals surface area (Å²) in [5.41, 5.74) is 3.03. The van der Waals surface area contributed by atoms with Crippen LogP contribution in [0.25, 0.3) is 0 Å². The molecule has 0 spiro atoms. The van der Waals surface area contributed by atoms with Crippen molar-refractivity contribution < 1.29 is 0 Å². The van der Waals surface area contributed by atoms with Gasteiger partial charge in [0.2, 0.25) is 0 Å². The number of hydrogen-bond acceptors (Lipinski definition) is 0. The van der Waals surface area contributed by atoms with Crippen molar-refractivity contribution in [1.29, 1.82) is 0 Å². The molecule has 0 heteroatoms. The van der Waals surface area contributed by atoms with Gasteiger partial charge in [0, 0.05) is 0 Å². The summed E-state index contributed by atoms with van der Waals surface area (Å²) in [4.78, 5) is 0. The van der Waals surface area contributed by atoms with E-state index in [-0.39, 0.29) is 7.43 Å². The first-order valence-electron chi connectivity index (χ1n) is 7.76. The maximum atomic E-state index is 2.39. The molecule has 0 aromatic heterocycles. The molecule has 0 amide bonds. The predicted octanol–water partition coefficient (Wildman–Crippen LogP) is 6.14. The topological polar surface area (TPSA) is 0 Å². The Morgan fingerprint density at radius 1 is 1.11 bits per heavy atom. The molecule has 1 saturated carbocycles. The molecule has 0 radical (unpaired) electrons. The Kier molecular flexibility index (Phi) is 8.80. The fourth-order valence-electron chi connectivity index (χ4n) is 2.81. The SMILES string of the molecule is C.CC.CCc1cccc(CC2CC(C(C)C)C2)c1. The van der Waals surface area contributed by atoms with Gasteiger partial charge in [-0.15, -0.1) is 0 Å².